The Labute approximate surface area is 148 Å². The van der Waals surface area contributed by atoms with Crippen LogP contribution in [0.15, 0.2) is 35.2 Å². The lowest BCUT2D eigenvalue weighted by molar-refractivity contribution is 0.0743. The molecule has 1 unspecified atom stereocenters. The molecule has 2 rings (SSSR count). The first kappa shape index (κ1) is 18.2. The number of hydrogen-bond donors (Lipinski definition) is 1. The molecule has 0 aliphatic heterocycles. The molecule has 2 N–H and O–H groups in total. The molecule has 0 saturated heterocycles. The van der Waals surface area contributed by atoms with Crippen LogP contribution in [-0.4, -0.2) is 26.3 Å². The van der Waals surface area contributed by atoms with E-state index in [0.717, 1.165) is 16.9 Å². The van der Waals surface area contributed by atoms with Crippen molar-refractivity contribution in [2.45, 2.75) is 17.9 Å². The van der Waals surface area contributed by atoms with Gasteiger partial charge in [-0.2, -0.15) is 0 Å². The van der Waals surface area contributed by atoms with Crippen molar-refractivity contribution in [3.8, 4) is 0 Å². The molecule has 1 amide bonds. The van der Waals surface area contributed by atoms with E-state index >= 15 is 0 Å². The molecule has 0 radical (unpaired) electrons. The number of primary sulfonamides is 1. The van der Waals surface area contributed by atoms with E-state index in [-0.39, 0.29) is 16.8 Å². The highest BCUT2D eigenvalue weighted by molar-refractivity contribution is 7.89. The summed E-state index contributed by atoms with van der Waals surface area (Å²) in [6.45, 7) is 1.83. The van der Waals surface area contributed by atoms with Gasteiger partial charge in [0, 0.05) is 7.05 Å². The van der Waals surface area contributed by atoms with Crippen LogP contribution in [-0.2, 0) is 10.0 Å². The lowest BCUT2D eigenvalue weighted by atomic mass is 10.1. The number of amides is 1. The number of nitrogens with zero attached hydrogens (tertiary/aromatic N) is 1. The number of rotatable bonds is 4. The van der Waals surface area contributed by atoms with Crippen molar-refractivity contribution in [2.75, 3.05) is 7.05 Å². The van der Waals surface area contributed by atoms with Crippen molar-refractivity contribution in [3.63, 3.8) is 0 Å². The van der Waals surface area contributed by atoms with Crippen LogP contribution in [0.25, 0.3) is 0 Å². The molecule has 5 nitrogen and oxygen atoms in total. The van der Waals surface area contributed by atoms with Crippen molar-refractivity contribution in [1.29, 1.82) is 0 Å². The van der Waals surface area contributed by atoms with Gasteiger partial charge in [-0.3, -0.25) is 4.79 Å². The Hall–Kier alpha value is -1.12. The molecule has 1 atom stereocenters. The normalized spacial score (nSPS) is 12.9. The summed E-state index contributed by atoms with van der Waals surface area (Å²) in [5.41, 5.74) is 1.11. The van der Waals surface area contributed by atoms with Crippen LogP contribution in [0.3, 0.4) is 0 Å². The molecule has 1 aromatic carbocycles. The molecule has 124 valence electrons. The summed E-state index contributed by atoms with van der Waals surface area (Å²) in [5, 5.41) is 5.07. The largest absolute Gasteiger partial charge is 0.335 e. The van der Waals surface area contributed by atoms with Crippen molar-refractivity contribution in [2.24, 2.45) is 5.14 Å². The zero-order valence-corrected chi connectivity index (χ0v) is 15.4. The Bertz CT molecular complexity index is 832. The van der Waals surface area contributed by atoms with Gasteiger partial charge in [-0.05, 0) is 30.7 Å². The topological polar surface area (TPSA) is 80.5 Å². The standard InChI is InChI=1S/C14H14Cl2N2O3S2/c1-8(9-3-5-10(6-4-9)23(17,20)21)18(2)14(19)11-7-12(15)22-13(11)16/h3-8H,1-2H3,(H2,17,20,21). The first-order valence-corrected chi connectivity index (χ1v) is 9.58. The second-order valence-electron chi connectivity index (χ2n) is 4.94. The van der Waals surface area contributed by atoms with E-state index in [1.165, 1.54) is 23.1 Å². The highest BCUT2D eigenvalue weighted by atomic mass is 35.5. The first-order chi connectivity index (χ1) is 10.6. The average Bonchev–Trinajstić information content (AvgIpc) is 2.83. The molecule has 23 heavy (non-hydrogen) atoms. The van der Waals surface area contributed by atoms with Crippen LogP contribution < -0.4 is 5.14 Å². The summed E-state index contributed by atoms with van der Waals surface area (Å²) in [7, 11) is -2.10. The maximum Gasteiger partial charge on any atom is 0.256 e. The molecular formula is C14H14Cl2N2O3S2. The van der Waals surface area contributed by atoms with Crippen LogP contribution in [0, 0.1) is 0 Å². The van der Waals surface area contributed by atoms with Gasteiger partial charge in [0.05, 0.1) is 20.8 Å². The minimum absolute atomic E-state index is 0.0232. The number of thiophene rings is 1. The zero-order chi connectivity index (χ0) is 17.4. The van der Waals surface area contributed by atoms with Gasteiger partial charge in [-0.1, -0.05) is 35.3 Å². The quantitative estimate of drug-likeness (QED) is 0.863. The smallest absolute Gasteiger partial charge is 0.256 e. The van der Waals surface area contributed by atoms with E-state index in [1.807, 2.05) is 6.92 Å². The maximum atomic E-state index is 12.5. The van der Waals surface area contributed by atoms with Gasteiger partial charge < -0.3 is 4.90 Å². The molecule has 0 fully saturated rings. The molecule has 1 heterocycles. The Balaban J connectivity index is 2.24. The summed E-state index contributed by atoms with van der Waals surface area (Å²) < 4.78 is 23.3. The third-order valence-corrected chi connectivity index (χ3v) is 5.90. The average molecular weight is 393 g/mol. The van der Waals surface area contributed by atoms with E-state index in [4.69, 9.17) is 28.3 Å². The number of benzene rings is 1. The van der Waals surface area contributed by atoms with Crippen LogP contribution in [0.1, 0.15) is 28.9 Å². The van der Waals surface area contributed by atoms with E-state index in [0.29, 0.717) is 14.2 Å². The Morgan fingerprint density at radius 3 is 2.26 bits per heavy atom. The Kier molecular flexibility index (Phi) is 5.37. The second-order valence-corrected chi connectivity index (χ2v) is 8.79. The van der Waals surface area contributed by atoms with E-state index in [2.05, 4.69) is 0 Å². The number of halogens is 2. The predicted octanol–water partition coefficient (Wildman–Crippen LogP) is 3.54. The van der Waals surface area contributed by atoms with Crippen LogP contribution in [0.4, 0.5) is 0 Å². The van der Waals surface area contributed by atoms with Gasteiger partial charge in [0.2, 0.25) is 10.0 Å². The molecular weight excluding hydrogens is 379 g/mol. The Morgan fingerprint density at radius 2 is 1.83 bits per heavy atom. The second kappa shape index (κ2) is 6.78. The minimum Gasteiger partial charge on any atom is -0.335 e. The van der Waals surface area contributed by atoms with Crippen molar-refractivity contribution in [3.05, 3.63) is 50.1 Å². The molecule has 0 bridgehead atoms. The lowest BCUT2D eigenvalue weighted by Crippen LogP contribution is -2.29. The molecule has 0 aliphatic carbocycles. The molecule has 0 aliphatic rings. The predicted molar refractivity (Wildman–Crippen MR) is 92.7 cm³/mol. The molecule has 0 saturated carbocycles. The molecule has 0 spiro atoms. The van der Waals surface area contributed by atoms with Gasteiger partial charge >= 0.3 is 0 Å². The molecule has 2 aromatic rings. The van der Waals surface area contributed by atoms with Gasteiger partial charge in [0.1, 0.15) is 4.34 Å². The summed E-state index contributed by atoms with van der Waals surface area (Å²) in [4.78, 5) is 14.0. The van der Waals surface area contributed by atoms with Gasteiger partial charge in [-0.25, -0.2) is 13.6 Å². The van der Waals surface area contributed by atoms with E-state index in [9.17, 15) is 13.2 Å². The fourth-order valence-electron chi connectivity index (χ4n) is 2.01. The van der Waals surface area contributed by atoms with Gasteiger partial charge in [-0.15, -0.1) is 11.3 Å². The third-order valence-electron chi connectivity index (χ3n) is 3.48. The summed E-state index contributed by atoms with van der Waals surface area (Å²) in [6, 6.07) is 7.31. The van der Waals surface area contributed by atoms with Crippen molar-refractivity contribution >= 4 is 50.5 Å². The van der Waals surface area contributed by atoms with Crippen LogP contribution in [0.2, 0.25) is 8.67 Å². The zero-order valence-electron chi connectivity index (χ0n) is 12.3. The minimum atomic E-state index is -3.74. The Morgan fingerprint density at radius 1 is 1.26 bits per heavy atom. The summed E-state index contributed by atoms with van der Waals surface area (Å²) in [6.07, 6.45) is 0. The monoisotopic (exact) mass is 392 g/mol. The van der Waals surface area contributed by atoms with Gasteiger partial charge in [0.25, 0.3) is 5.91 Å². The third kappa shape index (κ3) is 4.05. The highest BCUT2D eigenvalue weighted by Gasteiger charge is 2.23. The maximum absolute atomic E-state index is 12.5. The lowest BCUT2D eigenvalue weighted by Gasteiger charge is -2.25. The molecule has 9 heteroatoms. The summed E-state index contributed by atoms with van der Waals surface area (Å²) in [5.74, 6) is -0.263. The van der Waals surface area contributed by atoms with Crippen molar-refractivity contribution < 1.29 is 13.2 Å². The van der Waals surface area contributed by atoms with Crippen LogP contribution >= 0.6 is 34.5 Å². The van der Waals surface area contributed by atoms with Crippen LogP contribution in [0.5, 0.6) is 0 Å². The number of hydrogen-bond acceptors (Lipinski definition) is 4. The van der Waals surface area contributed by atoms with Crippen molar-refractivity contribution in [1.82, 2.24) is 4.90 Å². The highest BCUT2D eigenvalue weighted by Crippen LogP contribution is 2.33. The van der Waals surface area contributed by atoms with E-state index < -0.39 is 10.0 Å². The summed E-state index contributed by atoms with van der Waals surface area (Å²) >= 11 is 13.0. The fourth-order valence-corrected chi connectivity index (χ4v) is 3.97. The number of sulfonamides is 1. The molecule has 1 aromatic heterocycles. The number of carbonyl (C=O) groups excluding carboxylic acids is 1. The van der Waals surface area contributed by atoms with Gasteiger partial charge in [0.15, 0.2) is 0 Å². The SMILES string of the molecule is CC(c1ccc(S(N)(=O)=O)cc1)N(C)C(=O)c1cc(Cl)sc1Cl. The van der Waals surface area contributed by atoms with E-state index in [1.54, 1.807) is 19.2 Å². The number of carbonyl (C=O) groups is 1. The first-order valence-electron chi connectivity index (χ1n) is 6.46. The fraction of sp³-hybridized carbons (Fsp3) is 0.214. The number of nitrogens with two attached hydrogens (primary N) is 1.